The molecule has 0 saturated carbocycles. The molecule has 1 N–H and O–H groups in total. The molecule has 0 fully saturated rings. The fourth-order valence-corrected chi connectivity index (χ4v) is 1.14. The molecular weight excluding hydrogens is 124 g/mol. The van der Waals surface area contributed by atoms with E-state index in [2.05, 4.69) is 31.2 Å². The molecule has 0 radical (unpaired) electrons. The van der Waals surface area contributed by atoms with Crippen LogP contribution in [0.5, 0.6) is 0 Å². The maximum absolute atomic E-state index is 3.16. The highest BCUT2D eigenvalue weighted by molar-refractivity contribution is 4.64. The molecule has 10 heavy (non-hydrogen) atoms. The Morgan fingerprint density at radius 2 is 2.00 bits per heavy atom. The monoisotopic (exact) mass is 144 g/mol. The smallest absolute Gasteiger partial charge is 0.00986 e. The lowest BCUT2D eigenvalue weighted by atomic mass is 10.1. The van der Waals surface area contributed by atoms with E-state index in [1.165, 1.54) is 12.8 Å². The standard InChI is InChI=1S/C8H20N2/c1-5-8(10(3)4)6-7-9-2/h8-9H,5-7H2,1-4H3. The largest absolute Gasteiger partial charge is 0.320 e. The molecule has 0 aromatic heterocycles. The van der Waals surface area contributed by atoms with Crippen molar-refractivity contribution in [2.24, 2.45) is 0 Å². The fourth-order valence-electron chi connectivity index (χ4n) is 1.14. The second-order valence-corrected chi connectivity index (χ2v) is 2.92. The van der Waals surface area contributed by atoms with Gasteiger partial charge in [0.15, 0.2) is 0 Å². The third-order valence-electron chi connectivity index (χ3n) is 1.93. The quantitative estimate of drug-likeness (QED) is 0.617. The minimum absolute atomic E-state index is 0.743. The first-order chi connectivity index (χ1) is 4.72. The van der Waals surface area contributed by atoms with Crippen molar-refractivity contribution in [2.45, 2.75) is 25.8 Å². The fraction of sp³-hybridized carbons (Fsp3) is 1.00. The van der Waals surface area contributed by atoms with Crippen molar-refractivity contribution >= 4 is 0 Å². The average Bonchev–Trinajstić information content (AvgIpc) is 1.89. The summed E-state index contributed by atoms with van der Waals surface area (Å²) in [5.74, 6) is 0. The lowest BCUT2D eigenvalue weighted by Crippen LogP contribution is -2.30. The Kier molecular flexibility index (Phi) is 5.64. The van der Waals surface area contributed by atoms with Gasteiger partial charge in [0.1, 0.15) is 0 Å². The van der Waals surface area contributed by atoms with E-state index in [-0.39, 0.29) is 0 Å². The Balaban J connectivity index is 3.40. The Labute approximate surface area is 64.6 Å². The third kappa shape index (κ3) is 3.85. The van der Waals surface area contributed by atoms with Gasteiger partial charge in [-0.2, -0.15) is 0 Å². The van der Waals surface area contributed by atoms with E-state index < -0.39 is 0 Å². The summed E-state index contributed by atoms with van der Waals surface area (Å²) in [6.45, 7) is 3.36. The van der Waals surface area contributed by atoms with E-state index in [0.29, 0.717) is 0 Å². The van der Waals surface area contributed by atoms with E-state index >= 15 is 0 Å². The number of hydrogen-bond acceptors (Lipinski definition) is 2. The van der Waals surface area contributed by atoms with Gasteiger partial charge in [0.25, 0.3) is 0 Å². The van der Waals surface area contributed by atoms with Crippen molar-refractivity contribution in [3.63, 3.8) is 0 Å². The van der Waals surface area contributed by atoms with Gasteiger partial charge in [-0.1, -0.05) is 6.92 Å². The molecule has 2 nitrogen and oxygen atoms in total. The number of nitrogens with one attached hydrogen (secondary N) is 1. The summed E-state index contributed by atoms with van der Waals surface area (Å²) < 4.78 is 0. The zero-order valence-corrected chi connectivity index (χ0v) is 7.65. The zero-order valence-electron chi connectivity index (χ0n) is 7.65. The normalized spacial score (nSPS) is 14.1. The van der Waals surface area contributed by atoms with Gasteiger partial charge < -0.3 is 10.2 Å². The molecule has 2 heteroatoms. The molecule has 0 aliphatic heterocycles. The highest BCUT2D eigenvalue weighted by Gasteiger charge is 2.06. The minimum Gasteiger partial charge on any atom is -0.320 e. The number of rotatable bonds is 5. The van der Waals surface area contributed by atoms with Crippen LogP contribution in [-0.2, 0) is 0 Å². The summed E-state index contributed by atoms with van der Waals surface area (Å²) in [5, 5.41) is 3.16. The first kappa shape index (κ1) is 9.92. The van der Waals surface area contributed by atoms with Crippen LogP contribution in [0.2, 0.25) is 0 Å². The predicted octanol–water partition coefficient (Wildman–Crippen LogP) is 0.936. The van der Waals surface area contributed by atoms with Gasteiger partial charge in [-0.25, -0.2) is 0 Å². The molecule has 0 aliphatic rings. The van der Waals surface area contributed by atoms with Crippen molar-refractivity contribution in [2.75, 3.05) is 27.7 Å². The van der Waals surface area contributed by atoms with Gasteiger partial charge in [0.2, 0.25) is 0 Å². The molecule has 1 atom stereocenters. The second-order valence-electron chi connectivity index (χ2n) is 2.92. The molecule has 0 saturated heterocycles. The molecule has 0 heterocycles. The van der Waals surface area contributed by atoms with Gasteiger partial charge in [-0.05, 0) is 40.5 Å². The molecule has 0 aliphatic carbocycles. The molecular formula is C8H20N2. The molecule has 0 amide bonds. The van der Waals surface area contributed by atoms with Crippen LogP contribution in [0.25, 0.3) is 0 Å². The molecule has 0 bridgehead atoms. The number of nitrogens with zero attached hydrogens (tertiary/aromatic N) is 1. The Morgan fingerprint density at radius 1 is 1.40 bits per heavy atom. The summed E-state index contributed by atoms with van der Waals surface area (Å²) in [5.41, 5.74) is 0. The number of hydrogen-bond donors (Lipinski definition) is 1. The van der Waals surface area contributed by atoms with Crippen LogP contribution in [0.15, 0.2) is 0 Å². The predicted molar refractivity (Wildman–Crippen MR) is 46.3 cm³/mol. The van der Waals surface area contributed by atoms with Crippen molar-refractivity contribution in [3.05, 3.63) is 0 Å². The first-order valence-corrected chi connectivity index (χ1v) is 4.03. The SMILES string of the molecule is CCC(CCNC)N(C)C. The van der Waals surface area contributed by atoms with Crippen LogP contribution in [0.4, 0.5) is 0 Å². The molecule has 0 aromatic rings. The first-order valence-electron chi connectivity index (χ1n) is 4.03. The molecule has 1 unspecified atom stereocenters. The molecule has 62 valence electrons. The van der Waals surface area contributed by atoms with Crippen molar-refractivity contribution < 1.29 is 0 Å². The van der Waals surface area contributed by atoms with Crippen molar-refractivity contribution in [1.29, 1.82) is 0 Å². The van der Waals surface area contributed by atoms with E-state index in [9.17, 15) is 0 Å². The van der Waals surface area contributed by atoms with Crippen LogP contribution >= 0.6 is 0 Å². The van der Waals surface area contributed by atoms with Gasteiger partial charge in [-0.15, -0.1) is 0 Å². The van der Waals surface area contributed by atoms with E-state index in [1.807, 2.05) is 7.05 Å². The third-order valence-corrected chi connectivity index (χ3v) is 1.93. The summed E-state index contributed by atoms with van der Waals surface area (Å²) in [6, 6.07) is 0.743. The van der Waals surface area contributed by atoms with Crippen LogP contribution in [0, 0.1) is 0 Å². The zero-order chi connectivity index (χ0) is 7.98. The van der Waals surface area contributed by atoms with Gasteiger partial charge >= 0.3 is 0 Å². The summed E-state index contributed by atoms with van der Waals surface area (Å²) in [6.07, 6.45) is 2.49. The summed E-state index contributed by atoms with van der Waals surface area (Å²) in [7, 11) is 6.29. The van der Waals surface area contributed by atoms with Crippen LogP contribution in [0.3, 0.4) is 0 Å². The highest BCUT2D eigenvalue weighted by Crippen LogP contribution is 2.02. The van der Waals surface area contributed by atoms with Gasteiger partial charge in [-0.3, -0.25) is 0 Å². The van der Waals surface area contributed by atoms with Gasteiger partial charge in [0, 0.05) is 6.04 Å². The Hall–Kier alpha value is -0.0800. The Bertz CT molecular complexity index is 71.7. The van der Waals surface area contributed by atoms with Crippen LogP contribution in [0.1, 0.15) is 19.8 Å². The van der Waals surface area contributed by atoms with Crippen LogP contribution in [-0.4, -0.2) is 38.6 Å². The van der Waals surface area contributed by atoms with Gasteiger partial charge in [0.05, 0.1) is 0 Å². The molecule has 0 spiro atoms. The van der Waals surface area contributed by atoms with E-state index in [1.54, 1.807) is 0 Å². The van der Waals surface area contributed by atoms with Crippen molar-refractivity contribution in [1.82, 2.24) is 10.2 Å². The lowest BCUT2D eigenvalue weighted by Gasteiger charge is -2.22. The Morgan fingerprint density at radius 3 is 2.30 bits per heavy atom. The second kappa shape index (κ2) is 5.69. The molecule has 0 rings (SSSR count). The molecule has 0 aromatic carbocycles. The average molecular weight is 144 g/mol. The summed E-state index contributed by atoms with van der Waals surface area (Å²) >= 11 is 0. The summed E-state index contributed by atoms with van der Waals surface area (Å²) in [4.78, 5) is 2.29. The van der Waals surface area contributed by atoms with E-state index in [0.717, 1.165) is 12.6 Å². The topological polar surface area (TPSA) is 15.3 Å². The lowest BCUT2D eigenvalue weighted by molar-refractivity contribution is 0.270. The minimum atomic E-state index is 0.743. The van der Waals surface area contributed by atoms with E-state index in [4.69, 9.17) is 0 Å². The maximum Gasteiger partial charge on any atom is 0.00986 e. The van der Waals surface area contributed by atoms with Crippen LogP contribution < -0.4 is 5.32 Å². The van der Waals surface area contributed by atoms with Crippen molar-refractivity contribution in [3.8, 4) is 0 Å². The highest BCUT2D eigenvalue weighted by atomic mass is 15.1. The maximum atomic E-state index is 3.16.